The largest absolute Gasteiger partial charge is 0.507 e. The zero-order valence-corrected chi connectivity index (χ0v) is 9.54. The fourth-order valence-electron chi connectivity index (χ4n) is 1.62. The zero-order chi connectivity index (χ0) is 11.3. The van der Waals surface area contributed by atoms with Crippen molar-refractivity contribution in [2.24, 2.45) is 0 Å². The van der Waals surface area contributed by atoms with E-state index in [1.165, 1.54) is 0 Å². The van der Waals surface area contributed by atoms with Gasteiger partial charge in [0.25, 0.3) is 0 Å². The summed E-state index contributed by atoms with van der Waals surface area (Å²) in [7, 11) is 3.28. The lowest BCUT2D eigenvalue weighted by Crippen LogP contribution is -1.97. The molecule has 84 valence electrons. The number of benzene rings is 1. The number of aryl methyl sites for hydroxylation is 1. The molecule has 0 aliphatic carbocycles. The maximum absolute atomic E-state index is 9.89. The normalized spacial score (nSPS) is 10.6. The van der Waals surface area contributed by atoms with Crippen molar-refractivity contribution >= 4 is 0 Å². The van der Waals surface area contributed by atoms with Gasteiger partial charge in [0.15, 0.2) is 0 Å². The number of aromatic hydroxyl groups is 1. The average molecular weight is 210 g/mol. The van der Waals surface area contributed by atoms with Crippen LogP contribution in [0.5, 0.6) is 5.75 Å². The van der Waals surface area contributed by atoms with Gasteiger partial charge in [0.1, 0.15) is 5.75 Å². The molecule has 1 N–H and O–H groups in total. The highest BCUT2D eigenvalue weighted by molar-refractivity contribution is 5.43. The molecule has 0 bridgehead atoms. The van der Waals surface area contributed by atoms with Crippen molar-refractivity contribution in [3.8, 4) is 5.75 Å². The number of hydrogen-bond acceptors (Lipinski definition) is 3. The van der Waals surface area contributed by atoms with E-state index < -0.39 is 0 Å². The molecule has 0 saturated heterocycles. The van der Waals surface area contributed by atoms with E-state index in [2.05, 4.69) is 0 Å². The van der Waals surface area contributed by atoms with E-state index in [1.54, 1.807) is 14.2 Å². The molecule has 1 aromatic rings. The fourth-order valence-corrected chi connectivity index (χ4v) is 1.62. The predicted molar refractivity (Wildman–Crippen MR) is 58.9 cm³/mol. The monoisotopic (exact) mass is 210 g/mol. The molecule has 0 heterocycles. The van der Waals surface area contributed by atoms with Gasteiger partial charge >= 0.3 is 0 Å². The topological polar surface area (TPSA) is 38.7 Å². The van der Waals surface area contributed by atoms with Crippen LogP contribution in [-0.4, -0.2) is 19.3 Å². The van der Waals surface area contributed by atoms with Crippen molar-refractivity contribution < 1.29 is 14.6 Å². The Bertz CT molecular complexity index is 321. The highest BCUT2D eigenvalue weighted by Crippen LogP contribution is 2.26. The van der Waals surface area contributed by atoms with E-state index in [1.807, 2.05) is 19.1 Å². The van der Waals surface area contributed by atoms with Gasteiger partial charge < -0.3 is 14.6 Å². The highest BCUT2D eigenvalue weighted by Gasteiger charge is 2.08. The Kier molecular flexibility index (Phi) is 4.59. The second-order valence-corrected chi connectivity index (χ2v) is 3.48. The summed E-state index contributed by atoms with van der Waals surface area (Å²) in [6, 6.07) is 3.89. The Balaban J connectivity index is 3.07. The van der Waals surface area contributed by atoms with E-state index in [0.29, 0.717) is 19.0 Å². The molecule has 0 aliphatic rings. The molecule has 0 unspecified atom stereocenters. The highest BCUT2D eigenvalue weighted by atomic mass is 16.5. The molecule has 3 heteroatoms. The van der Waals surface area contributed by atoms with Gasteiger partial charge in [-0.25, -0.2) is 0 Å². The summed E-state index contributed by atoms with van der Waals surface area (Å²) in [5, 5.41) is 9.89. The van der Waals surface area contributed by atoms with Crippen molar-refractivity contribution in [2.45, 2.75) is 26.6 Å². The third kappa shape index (κ3) is 2.94. The Morgan fingerprint density at radius 3 is 2.20 bits per heavy atom. The molecule has 0 fully saturated rings. The predicted octanol–water partition coefficient (Wildman–Crippen LogP) is 2.25. The lowest BCUT2D eigenvalue weighted by molar-refractivity contribution is 0.177. The summed E-state index contributed by atoms with van der Waals surface area (Å²) in [6.07, 6.45) is 0.806. The molecule has 0 aromatic heterocycles. The van der Waals surface area contributed by atoms with Crippen LogP contribution in [0.3, 0.4) is 0 Å². The van der Waals surface area contributed by atoms with Crippen LogP contribution in [0, 0.1) is 0 Å². The molecule has 0 spiro atoms. The lowest BCUT2D eigenvalue weighted by Gasteiger charge is -2.11. The first kappa shape index (κ1) is 12.0. The summed E-state index contributed by atoms with van der Waals surface area (Å²) >= 11 is 0. The van der Waals surface area contributed by atoms with Gasteiger partial charge in [-0.15, -0.1) is 0 Å². The van der Waals surface area contributed by atoms with Gasteiger partial charge in [0.05, 0.1) is 13.2 Å². The van der Waals surface area contributed by atoms with Gasteiger partial charge in [-0.1, -0.05) is 6.92 Å². The second kappa shape index (κ2) is 5.73. The molecule has 0 saturated carbocycles. The Hall–Kier alpha value is -1.06. The zero-order valence-electron chi connectivity index (χ0n) is 9.54. The first-order valence-electron chi connectivity index (χ1n) is 5.04. The van der Waals surface area contributed by atoms with E-state index >= 15 is 0 Å². The van der Waals surface area contributed by atoms with Crippen LogP contribution in [0.25, 0.3) is 0 Å². The van der Waals surface area contributed by atoms with Crippen LogP contribution in [0.2, 0.25) is 0 Å². The minimum atomic E-state index is 0.346. The molecule has 0 atom stereocenters. The molecule has 0 amide bonds. The van der Waals surface area contributed by atoms with Crippen LogP contribution in [0.15, 0.2) is 12.1 Å². The SMILES string of the molecule is CCc1cc(COC)cc(COC)c1O. The quantitative estimate of drug-likeness (QED) is 0.810. The molecule has 0 aliphatic heterocycles. The van der Waals surface area contributed by atoms with E-state index in [9.17, 15) is 5.11 Å². The first-order valence-corrected chi connectivity index (χ1v) is 5.04. The van der Waals surface area contributed by atoms with Gasteiger partial charge in [-0.2, -0.15) is 0 Å². The van der Waals surface area contributed by atoms with E-state index in [-0.39, 0.29) is 0 Å². The van der Waals surface area contributed by atoms with E-state index in [4.69, 9.17) is 9.47 Å². The van der Waals surface area contributed by atoms with E-state index in [0.717, 1.165) is 23.1 Å². The standard InChI is InChI=1S/C12H18O3/c1-4-10-5-9(7-14-2)6-11(8-15-3)12(10)13/h5-6,13H,4,7-8H2,1-3H3. The molecule has 1 rings (SSSR count). The Labute approximate surface area is 90.6 Å². The van der Waals surface area contributed by atoms with Gasteiger partial charge in [0.2, 0.25) is 0 Å². The second-order valence-electron chi connectivity index (χ2n) is 3.48. The maximum Gasteiger partial charge on any atom is 0.124 e. The van der Waals surface area contributed by atoms with Crippen molar-refractivity contribution in [3.05, 3.63) is 28.8 Å². The van der Waals surface area contributed by atoms with Crippen molar-refractivity contribution in [1.82, 2.24) is 0 Å². The Morgan fingerprint density at radius 1 is 1.07 bits per heavy atom. The van der Waals surface area contributed by atoms with Gasteiger partial charge in [-0.05, 0) is 29.7 Å². The lowest BCUT2D eigenvalue weighted by atomic mass is 10.0. The number of phenols is 1. The molecular formula is C12H18O3. The summed E-state index contributed by atoms with van der Waals surface area (Å²) in [4.78, 5) is 0. The molecule has 15 heavy (non-hydrogen) atoms. The van der Waals surface area contributed by atoms with Crippen LogP contribution in [-0.2, 0) is 29.1 Å². The van der Waals surface area contributed by atoms with Crippen LogP contribution in [0.4, 0.5) is 0 Å². The smallest absolute Gasteiger partial charge is 0.124 e. The number of hydrogen-bond donors (Lipinski definition) is 1. The molecule has 0 radical (unpaired) electrons. The number of rotatable bonds is 5. The molecule has 1 aromatic carbocycles. The minimum absolute atomic E-state index is 0.346. The average Bonchev–Trinajstić information content (AvgIpc) is 2.23. The summed E-state index contributed by atoms with van der Waals surface area (Å²) in [6.45, 7) is 3.00. The number of methoxy groups -OCH3 is 2. The van der Waals surface area contributed by atoms with Gasteiger partial charge in [0, 0.05) is 19.8 Å². The molecular weight excluding hydrogens is 192 g/mol. The maximum atomic E-state index is 9.89. The minimum Gasteiger partial charge on any atom is -0.507 e. The summed E-state index contributed by atoms with van der Waals surface area (Å²) in [5.74, 6) is 0.346. The third-order valence-electron chi connectivity index (χ3n) is 2.32. The van der Waals surface area contributed by atoms with Crippen molar-refractivity contribution in [2.75, 3.05) is 14.2 Å². The summed E-state index contributed by atoms with van der Waals surface area (Å²) < 4.78 is 10.1. The van der Waals surface area contributed by atoms with Crippen molar-refractivity contribution in [3.63, 3.8) is 0 Å². The fraction of sp³-hybridized carbons (Fsp3) is 0.500. The third-order valence-corrected chi connectivity index (χ3v) is 2.32. The van der Waals surface area contributed by atoms with Crippen LogP contribution >= 0.6 is 0 Å². The number of phenolic OH excluding ortho intramolecular Hbond substituents is 1. The summed E-state index contributed by atoms with van der Waals surface area (Å²) in [5.41, 5.74) is 2.83. The Morgan fingerprint density at radius 2 is 1.67 bits per heavy atom. The van der Waals surface area contributed by atoms with Crippen LogP contribution < -0.4 is 0 Å². The van der Waals surface area contributed by atoms with Crippen LogP contribution in [0.1, 0.15) is 23.6 Å². The molecule has 3 nitrogen and oxygen atoms in total. The van der Waals surface area contributed by atoms with Crippen molar-refractivity contribution in [1.29, 1.82) is 0 Å². The van der Waals surface area contributed by atoms with Gasteiger partial charge in [-0.3, -0.25) is 0 Å². The first-order chi connectivity index (χ1) is 7.22. The number of ether oxygens (including phenoxy) is 2.